The molecule has 0 atom stereocenters. The number of benzene rings is 2. The minimum absolute atomic E-state index is 0.375. The highest BCUT2D eigenvalue weighted by Gasteiger charge is 2.21. The molecule has 2 heterocycles. The molecule has 1 aromatic heterocycles. The zero-order chi connectivity index (χ0) is 17.2. The SMILES string of the molecule is Clc1ccc(OCc2nc3ccccc3n2C2CCNCC2)c(Cl)c1. The van der Waals surface area contributed by atoms with Crippen molar-refractivity contribution in [3.8, 4) is 5.75 Å². The number of piperidine rings is 1. The summed E-state index contributed by atoms with van der Waals surface area (Å²) in [6.45, 7) is 2.43. The van der Waals surface area contributed by atoms with E-state index >= 15 is 0 Å². The number of rotatable bonds is 4. The highest BCUT2D eigenvalue weighted by atomic mass is 35.5. The summed E-state index contributed by atoms with van der Waals surface area (Å²) in [5.41, 5.74) is 2.16. The standard InChI is InChI=1S/C19H19Cl2N3O/c20-13-5-6-18(15(21)11-13)25-12-19-23-16-3-1-2-4-17(16)24(19)14-7-9-22-10-8-14/h1-6,11,14,22H,7-10,12H2. The van der Waals surface area contributed by atoms with E-state index in [1.54, 1.807) is 18.2 Å². The number of nitrogens with one attached hydrogen (secondary N) is 1. The number of para-hydroxylation sites is 2. The zero-order valence-electron chi connectivity index (χ0n) is 13.7. The molecule has 0 bridgehead atoms. The van der Waals surface area contributed by atoms with Gasteiger partial charge in [-0.25, -0.2) is 4.98 Å². The Morgan fingerprint density at radius 1 is 1.12 bits per heavy atom. The molecule has 1 aliphatic heterocycles. The second-order valence-corrected chi connectivity index (χ2v) is 7.07. The van der Waals surface area contributed by atoms with E-state index in [9.17, 15) is 0 Å². The van der Waals surface area contributed by atoms with Gasteiger partial charge in [-0.05, 0) is 56.3 Å². The van der Waals surface area contributed by atoms with Crippen LogP contribution in [0, 0.1) is 0 Å². The van der Waals surface area contributed by atoms with Crippen LogP contribution in [0.1, 0.15) is 24.7 Å². The molecule has 1 aliphatic rings. The van der Waals surface area contributed by atoms with Crippen molar-refractivity contribution in [2.24, 2.45) is 0 Å². The second kappa shape index (κ2) is 7.24. The number of fused-ring (bicyclic) bond motifs is 1. The Hall–Kier alpha value is -1.75. The molecule has 2 aromatic carbocycles. The van der Waals surface area contributed by atoms with Crippen LogP contribution in [0.15, 0.2) is 42.5 Å². The number of aromatic nitrogens is 2. The fourth-order valence-corrected chi connectivity index (χ4v) is 3.87. The van der Waals surface area contributed by atoms with Gasteiger partial charge in [-0.1, -0.05) is 35.3 Å². The molecule has 25 heavy (non-hydrogen) atoms. The molecule has 0 saturated carbocycles. The molecular formula is C19H19Cl2N3O. The van der Waals surface area contributed by atoms with Crippen LogP contribution in [0.5, 0.6) is 5.75 Å². The fourth-order valence-electron chi connectivity index (χ4n) is 3.40. The van der Waals surface area contributed by atoms with Crippen LogP contribution < -0.4 is 10.1 Å². The first kappa shape index (κ1) is 16.7. The molecular weight excluding hydrogens is 357 g/mol. The van der Waals surface area contributed by atoms with Crippen molar-refractivity contribution in [3.63, 3.8) is 0 Å². The molecule has 4 rings (SSSR count). The second-order valence-electron chi connectivity index (χ2n) is 6.23. The fraction of sp³-hybridized carbons (Fsp3) is 0.316. The van der Waals surface area contributed by atoms with Gasteiger partial charge in [0, 0.05) is 11.1 Å². The summed E-state index contributed by atoms with van der Waals surface area (Å²) < 4.78 is 8.28. The van der Waals surface area contributed by atoms with Crippen LogP contribution in [0.3, 0.4) is 0 Å². The van der Waals surface area contributed by atoms with Gasteiger partial charge < -0.3 is 14.6 Å². The number of hydrogen-bond acceptors (Lipinski definition) is 3. The van der Waals surface area contributed by atoms with Gasteiger partial charge in [-0.2, -0.15) is 0 Å². The smallest absolute Gasteiger partial charge is 0.148 e. The summed E-state index contributed by atoms with van der Waals surface area (Å²) in [7, 11) is 0. The van der Waals surface area contributed by atoms with E-state index in [1.165, 1.54) is 0 Å². The first-order chi connectivity index (χ1) is 12.2. The van der Waals surface area contributed by atoms with Crippen LogP contribution in [0.25, 0.3) is 11.0 Å². The first-order valence-electron chi connectivity index (χ1n) is 8.47. The molecule has 1 saturated heterocycles. The average molecular weight is 376 g/mol. The predicted octanol–water partition coefficient (Wildman–Crippen LogP) is 4.85. The Kier molecular flexibility index (Phi) is 4.84. The number of hydrogen-bond donors (Lipinski definition) is 1. The lowest BCUT2D eigenvalue weighted by Gasteiger charge is -2.26. The van der Waals surface area contributed by atoms with Crippen molar-refractivity contribution in [3.05, 3.63) is 58.3 Å². The van der Waals surface area contributed by atoms with Gasteiger partial charge in [0.1, 0.15) is 18.2 Å². The highest BCUT2D eigenvalue weighted by molar-refractivity contribution is 6.35. The molecule has 0 amide bonds. The molecule has 0 aliphatic carbocycles. The lowest BCUT2D eigenvalue weighted by molar-refractivity contribution is 0.276. The lowest BCUT2D eigenvalue weighted by atomic mass is 10.1. The summed E-state index contributed by atoms with van der Waals surface area (Å²) in [5.74, 6) is 1.55. The normalized spacial score (nSPS) is 15.6. The van der Waals surface area contributed by atoms with E-state index < -0.39 is 0 Å². The largest absolute Gasteiger partial charge is 0.484 e. The van der Waals surface area contributed by atoms with Crippen LogP contribution in [0.2, 0.25) is 10.0 Å². The third-order valence-corrected chi connectivity index (χ3v) is 5.12. The van der Waals surface area contributed by atoms with E-state index in [1.807, 2.05) is 12.1 Å². The maximum Gasteiger partial charge on any atom is 0.148 e. The number of halogens is 2. The maximum absolute atomic E-state index is 6.22. The summed E-state index contributed by atoms with van der Waals surface area (Å²) in [6, 6.07) is 13.9. The van der Waals surface area contributed by atoms with Crippen molar-refractivity contribution < 1.29 is 4.74 Å². The Morgan fingerprint density at radius 2 is 1.92 bits per heavy atom. The summed E-state index contributed by atoms with van der Waals surface area (Å²) in [4.78, 5) is 4.80. The minimum atomic E-state index is 0.375. The minimum Gasteiger partial charge on any atom is -0.484 e. The van der Waals surface area contributed by atoms with Crippen molar-refractivity contribution in [1.29, 1.82) is 0 Å². The third-order valence-electron chi connectivity index (χ3n) is 4.59. The van der Waals surface area contributed by atoms with Crippen LogP contribution >= 0.6 is 23.2 Å². The zero-order valence-corrected chi connectivity index (χ0v) is 15.2. The Balaban J connectivity index is 1.66. The molecule has 0 unspecified atom stereocenters. The van der Waals surface area contributed by atoms with Gasteiger partial charge in [0.15, 0.2) is 0 Å². The molecule has 3 aromatic rings. The Morgan fingerprint density at radius 3 is 2.72 bits per heavy atom. The van der Waals surface area contributed by atoms with E-state index in [-0.39, 0.29) is 0 Å². The van der Waals surface area contributed by atoms with Crippen LogP contribution in [-0.2, 0) is 6.61 Å². The number of imidazole rings is 1. The number of ether oxygens (including phenoxy) is 1. The maximum atomic E-state index is 6.22. The molecule has 0 spiro atoms. The highest BCUT2D eigenvalue weighted by Crippen LogP contribution is 2.30. The van der Waals surface area contributed by atoms with Gasteiger partial charge >= 0.3 is 0 Å². The monoisotopic (exact) mass is 375 g/mol. The average Bonchev–Trinajstić information content (AvgIpc) is 3.00. The molecule has 6 heteroatoms. The van der Waals surface area contributed by atoms with Gasteiger partial charge in [-0.15, -0.1) is 0 Å². The molecule has 0 radical (unpaired) electrons. The van der Waals surface area contributed by atoms with Gasteiger partial charge in [0.25, 0.3) is 0 Å². The Bertz CT molecular complexity index is 888. The third kappa shape index (κ3) is 3.47. The van der Waals surface area contributed by atoms with E-state index in [0.29, 0.717) is 28.4 Å². The quantitative estimate of drug-likeness (QED) is 0.708. The summed E-state index contributed by atoms with van der Waals surface area (Å²) >= 11 is 12.2. The van der Waals surface area contributed by atoms with Crippen molar-refractivity contribution in [1.82, 2.24) is 14.9 Å². The van der Waals surface area contributed by atoms with E-state index in [4.69, 9.17) is 32.9 Å². The Labute approximate surface area is 156 Å². The van der Waals surface area contributed by atoms with Crippen molar-refractivity contribution in [2.75, 3.05) is 13.1 Å². The summed E-state index contributed by atoms with van der Waals surface area (Å²) in [5, 5.41) is 4.53. The van der Waals surface area contributed by atoms with E-state index in [0.717, 1.165) is 42.8 Å². The molecule has 1 fully saturated rings. The molecule has 130 valence electrons. The van der Waals surface area contributed by atoms with Gasteiger partial charge in [0.05, 0.1) is 16.1 Å². The predicted molar refractivity (Wildman–Crippen MR) is 102 cm³/mol. The van der Waals surface area contributed by atoms with Gasteiger partial charge in [-0.3, -0.25) is 0 Å². The molecule has 4 nitrogen and oxygen atoms in total. The first-order valence-corrected chi connectivity index (χ1v) is 9.22. The lowest BCUT2D eigenvalue weighted by Crippen LogP contribution is -2.30. The molecule has 1 N–H and O–H groups in total. The van der Waals surface area contributed by atoms with Crippen LogP contribution in [-0.4, -0.2) is 22.6 Å². The van der Waals surface area contributed by atoms with Crippen molar-refractivity contribution in [2.45, 2.75) is 25.5 Å². The topological polar surface area (TPSA) is 39.1 Å². The van der Waals surface area contributed by atoms with Crippen molar-refractivity contribution >= 4 is 34.2 Å². The van der Waals surface area contributed by atoms with Gasteiger partial charge in [0.2, 0.25) is 0 Å². The summed E-state index contributed by atoms with van der Waals surface area (Å²) in [6.07, 6.45) is 2.18. The number of nitrogens with zero attached hydrogens (tertiary/aromatic N) is 2. The van der Waals surface area contributed by atoms with Crippen LogP contribution in [0.4, 0.5) is 0 Å². The van der Waals surface area contributed by atoms with E-state index in [2.05, 4.69) is 22.0 Å².